The van der Waals surface area contributed by atoms with Gasteiger partial charge in [-0.25, -0.2) is 9.37 Å². The molecule has 0 bridgehead atoms. The third-order valence-corrected chi connectivity index (χ3v) is 12.1. The zero-order valence-electron chi connectivity index (χ0n) is 39.9. The van der Waals surface area contributed by atoms with Crippen LogP contribution < -0.4 is 18.9 Å². The Bertz CT molecular complexity index is 3010. The summed E-state index contributed by atoms with van der Waals surface area (Å²) in [6, 6.07) is 23.8. The van der Waals surface area contributed by atoms with Gasteiger partial charge in [-0.15, -0.1) is 0 Å². The van der Waals surface area contributed by atoms with E-state index < -0.39 is 34.8 Å². The molecule has 3 aromatic heterocycles. The molecule has 6 aromatic rings. The number of ketones is 6. The number of alkyl halides is 3. The normalized spacial score (nSPS) is 13.2. The van der Waals surface area contributed by atoms with Crippen LogP contribution in [0.1, 0.15) is 143 Å². The van der Waals surface area contributed by atoms with Gasteiger partial charge in [0, 0.05) is 73.8 Å². The van der Waals surface area contributed by atoms with Crippen LogP contribution in [0.5, 0.6) is 23.0 Å². The molecule has 13 nitrogen and oxygen atoms in total. The first kappa shape index (κ1) is 52.9. The van der Waals surface area contributed by atoms with Crippen LogP contribution >= 0.6 is 0 Å². The van der Waals surface area contributed by atoms with Crippen molar-refractivity contribution < 1.29 is 65.3 Å². The van der Waals surface area contributed by atoms with Gasteiger partial charge in [0.15, 0.2) is 40.5 Å². The van der Waals surface area contributed by atoms with Gasteiger partial charge in [0.2, 0.25) is 0 Å². The van der Waals surface area contributed by atoms with Crippen LogP contribution in [0.3, 0.4) is 0 Å². The fourth-order valence-corrected chi connectivity index (χ4v) is 8.28. The van der Waals surface area contributed by atoms with E-state index in [1.165, 1.54) is 25.4 Å². The van der Waals surface area contributed by atoms with Crippen LogP contribution in [0.2, 0.25) is 0 Å². The highest BCUT2D eigenvalue weighted by molar-refractivity contribution is 6.04. The number of carbonyl (C=O) groups excluding carboxylic acids is 6. The summed E-state index contributed by atoms with van der Waals surface area (Å²) >= 11 is 0. The summed E-state index contributed by atoms with van der Waals surface area (Å²) in [4.78, 5) is 84.7. The lowest BCUT2D eigenvalue weighted by atomic mass is 9.98. The number of hydrogen-bond donors (Lipinski definition) is 0. The summed E-state index contributed by atoms with van der Waals surface area (Å²) in [6.07, 6.45) is 4.48. The largest absolute Gasteiger partial charge is 0.494 e. The van der Waals surface area contributed by atoms with Gasteiger partial charge in [0.05, 0.1) is 32.5 Å². The molecule has 0 atom stereocenters. The average molecular weight is 1000 g/mol. The van der Waals surface area contributed by atoms with Gasteiger partial charge in [-0.3, -0.25) is 38.7 Å². The monoisotopic (exact) mass is 1000 g/mol. The predicted molar refractivity (Wildman–Crippen MR) is 259 cm³/mol. The fourth-order valence-electron chi connectivity index (χ4n) is 8.28. The minimum Gasteiger partial charge on any atom is -0.494 e. The first-order chi connectivity index (χ1) is 35.2. The van der Waals surface area contributed by atoms with Crippen LogP contribution in [-0.2, 0) is 25.4 Å². The molecule has 0 aliphatic carbocycles. The molecule has 0 saturated carbocycles. The molecule has 3 aliphatic heterocycles. The van der Waals surface area contributed by atoms with Gasteiger partial charge < -0.3 is 18.9 Å². The Labute approximate surface area is 418 Å². The van der Waals surface area contributed by atoms with Gasteiger partial charge >= 0.3 is 6.18 Å². The molecule has 0 saturated heterocycles. The minimum absolute atomic E-state index is 0.0362. The Hall–Kier alpha value is -7.95. The van der Waals surface area contributed by atoms with Crippen molar-refractivity contribution in [2.75, 3.05) is 26.9 Å². The summed E-state index contributed by atoms with van der Waals surface area (Å²) in [7, 11) is 1.49. The molecule has 378 valence electrons. The van der Waals surface area contributed by atoms with Gasteiger partial charge in [-0.2, -0.15) is 13.2 Å². The molecule has 0 spiro atoms. The number of fused-ring (bicyclic) bond motifs is 3. The van der Waals surface area contributed by atoms with E-state index >= 15 is 0 Å². The minimum atomic E-state index is -4.66. The van der Waals surface area contributed by atoms with Gasteiger partial charge in [0.1, 0.15) is 40.1 Å². The van der Waals surface area contributed by atoms with Crippen LogP contribution in [0.25, 0.3) is 0 Å². The second-order valence-corrected chi connectivity index (χ2v) is 17.1. The first-order valence-electron chi connectivity index (χ1n) is 23.8. The lowest BCUT2D eigenvalue weighted by Crippen LogP contribution is -2.16. The molecule has 0 amide bonds. The molecule has 17 heteroatoms. The zero-order valence-corrected chi connectivity index (χ0v) is 39.9. The number of aromatic nitrogens is 3. The highest BCUT2D eigenvalue weighted by Crippen LogP contribution is 2.33. The summed E-state index contributed by atoms with van der Waals surface area (Å²) in [5, 5.41) is 0. The van der Waals surface area contributed by atoms with Crippen LogP contribution in [0.15, 0.2) is 110 Å². The van der Waals surface area contributed by atoms with Gasteiger partial charge in [0.25, 0.3) is 0 Å². The number of Topliss-reactive ketones (excluding diaryl/α,β-unsaturated/α-hetero) is 6. The smallest absolute Gasteiger partial charge is 0.418 e. The topological polar surface area (TPSA) is 178 Å². The van der Waals surface area contributed by atoms with Crippen LogP contribution in [0, 0.1) is 5.82 Å². The number of halogens is 4. The number of benzene rings is 3. The van der Waals surface area contributed by atoms with E-state index in [0.717, 1.165) is 97.4 Å². The molecule has 73 heavy (non-hydrogen) atoms. The van der Waals surface area contributed by atoms with Crippen molar-refractivity contribution in [3.05, 3.63) is 171 Å². The molecule has 0 unspecified atom stereocenters. The molecule has 3 aromatic carbocycles. The van der Waals surface area contributed by atoms with Crippen molar-refractivity contribution in [3.8, 4) is 23.0 Å². The van der Waals surface area contributed by atoms with Gasteiger partial charge in [-0.05, 0) is 146 Å². The van der Waals surface area contributed by atoms with E-state index in [0.29, 0.717) is 35.7 Å². The maximum Gasteiger partial charge on any atom is 0.418 e. The Morgan fingerprint density at radius 1 is 0.493 bits per heavy atom. The number of pyridine rings is 3. The van der Waals surface area contributed by atoms with E-state index in [1.54, 1.807) is 54.7 Å². The molecule has 6 heterocycles. The molecule has 0 N–H and O–H groups in total. The van der Waals surface area contributed by atoms with Crippen molar-refractivity contribution >= 4 is 34.7 Å². The van der Waals surface area contributed by atoms with E-state index in [2.05, 4.69) is 15.0 Å². The van der Waals surface area contributed by atoms with E-state index in [1.807, 2.05) is 18.2 Å². The Morgan fingerprint density at radius 2 is 0.863 bits per heavy atom. The maximum absolute atomic E-state index is 13.5. The summed E-state index contributed by atoms with van der Waals surface area (Å²) < 4.78 is 74.1. The lowest BCUT2D eigenvalue weighted by Gasteiger charge is -2.17. The predicted octanol–water partition coefficient (Wildman–Crippen LogP) is 10.9. The summed E-state index contributed by atoms with van der Waals surface area (Å²) in [5.74, 6) is 0.258. The van der Waals surface area contributed by atoms with Crippen molar-refractivity contribution in [1.82, 2.24) is 15.0 Å². The van der Waals surface area contributed by atoms with E-state index in [4.69, 9.17) is 18.9 Å². The Morgan fingerprint density at radius 3 is 1.29 bits per heavy atom. The first-order valence-corrected chi connectivity index (χ1v) is 23.8. The van der Waals surface area contributed by atoms with Gasteiger partial charge in [-0.1, -0.05) is 0 Å². The van der Waals surface area contributed by atoms with Crippen LogP contribution in [0.4, 0.5) is 17.6 Å². The summed E-state index contributed by atoms with van der Waals surface area (Å²) in [6.45, 7) is 2.06. The number of aryl methyl sites for hydroxylation is 3. The quantitative estimate of drug-likeness (QED) is 0.0661. The van der Waals surface area contributed by atoms with E-state index in [-0.39, 0.29) is 73.0 Å². The molecular weight excluding hydrogens is 951 g/mol. The highest BCUT2D eigenvalue weighted by atomic mass is 19.4. The standard InChI is InChI=1S/C19H16F3NO3.C19H19NO4.C18H16FNO3/c20-19(21,22)14-4-1-9-23-18(14)16(25)7-6-15(24)12-5-8-17-13(11-12)3-2-10-26-17;1-23-18-5-2-10-20-19(18)16(22)8-7-15(21)13-6-9-17-14(12-13)4-3-11-24-17;19-14-4-1-9-20-18(14)16(22)7-6-15(21)12-5-8-17-13(11-12)3-2-10-23-17/h1,4-5,8-9,11H,2-3,6-7,10H2;2,5-6,9-10,12H,3-4,7-8,11H2,1H3;1,4-5,8-9,11H,2-3,6-7,10H2. The number of ether oxygens (including phenoxy) is 4. The Kier molecular flexibility index (Phi) is 18.1. The number of rotatable bonds is 16. The number of hydrogen-bond acceptors (Lipinski definition) is 13. The van der Waals surface area contributed by atoms with Crippen LogP contribution in [-0.4, -0.2) is 76.6 Å². The molecular formula is C56H51F4N3O10. The van der Waals surface area contributed by atoms with Crippen molar-refractivity contribution in [3.63, 3.8) is 0 Å². The average Bonchev–Trinajstić information content (AvgIpc) is 3.42. The third-order valence-electron chi connectivity index (χ3n) is 12.1. The zero-order chi connectivity index (χ0) is 51.9. The summed E-state index contributed by atoms with van der Waals surface area (Å²) in [5.41, 5.74) is 2.95. The SMILES string of the molecule is COc1cccnc1C(=O)CCC(=O)c1ccc2c(c1)CCCO2.O=C(CCC(=O)c1ncccc1C(F)(F)F)c1ccc2c(c1)CCCO2.O=C(CCC(=O)c1ncccc1F)c1ccc2c(c1)CCCO2. The number of methoxy groups -OCH3 is 1. The number of nitrogens with zero attached hydrogens (tertiary/aromatic N) is 3. The fraction of sp³-hybridized carbons (Fsp3) is 0.304. The second kappa shape index (κ2) is 24.9. The molecule has 0 fully saturated rings. The van der Waals surface area contributed by atoms with Crippen molar-refractivity contribution in [2.45, 2.75) is 83.2 Å². The number of carbonyl (C=O) groups is 6. The third kappa shape index (κ3) is 14.1. The lowest BCUT2D eigenvalue weighted by molar-refractivity contribution is -0.138. The highest BCUT2D eigenvalue weighted by Gasteiger charge is 2.36. The maximum atomic E-state index is 13.5. The molecule has 9 rings (SSSR count). The van der Waals surface area contributed by atoms with Crippen molar-refractivity contribution in [2.24, 2.45) is 0 Å². The van der Waals surface area contributed by atoms with E-state index in [9.17, 15) is 46.3 Å². The van der Waals surface area contributed by atoms with Crippen molar-refractivity contribution in [1.29, 1.82) is 0 Å². The molecule has 3 aliphatic rings. The molecule has 0 radical (unpaired) electrons. The second-order valence-electron chi connectivity index (χ2n) is 17.1. The Balaban J connectivity index is 0.000000161.